The van der Waals surface area contributed by atoms with Crippen LogP contribution in [0.15, 0.2) is 18.2 Å². The van der Waals surface area contributed by atoms with Crippen LogP contribution in [0.2, 0.25) is 0 Å². The zero-order valence-corrected chi connectivity index (χ0v) is 10.7. The van der Waals surface area contributed by atoms with Crippen LogP contribution in [0.4, 0.5) is 4.39 Å². The Bertz CT molecular complexity index is 361. The van der Waals surface area contributed by atoms with E-state index in [0.29, 0.717) is 12.3 Å². The molecule has 0 saturated carbocycles. The van der Waals surface area contributed by atoms with E-state index in [2.05, 4.69) is 5.32 Å². The van der Waals surface area contributed by atoms with Crippen LogP contribution in [0.3, 0.4) is 0 Å². The lowest BCUT2D eigenvalue weighted by molar-refractivity contribution is 0.404. The lowest BCUT2D eigenvalue weighted by Crippen LogP contribution is -2.35. The average Bonchev–Trinajstić information content (AvgIpc) is 2.23. The Balaban J connectivity index is 2.48. The number of methoxy groups -OCH3 is 1. The van der Waals surface area contributed by atoms with E-state index in [4.69, 9.17) is 10.5 Å². The van der Waals surface area contributed by atoms with Crippen molar-refractivity contribution in [1.82, 2.24) is 5.32 Å². The quantitative estimate of drug-likeness (QED) is 0.748. The number of hydrogen-bond donors (Lipinski definition) is 2. The molecule has 0 aromatic heterocycles. The van der Waals surface area contributed by atoms with Crippen LogP contribution in [0.25, 0.3) is 0 Å². The third kappa shape index (κ3) is 5.15. The van der Waals surface area contributed by atoms with Gasteiger partial charge in [-0.1, -0.05) is 0 Å². The van der Waals surface area contributed by atoms with Crippen molar-refractivity contribution in [3.63, 3.8) is 0 Å². The molecule has 0 radical (unpaired) electrons. The molecule has 0 atom stereocenters. The van der Waals surface area contributed by atoms with Gasteiger partial charge in [0, 0.05) is 17.6 Å². The summed E-state index contributed by atoms with van der Waals surface area (Å²) in [7, 11) is 1.58. The number of halogens is 1. The third-order valence-corrected chi connectivity index (χ3v) is 2.50. The van der Waals surface area contributed by atoms with Gasteiger partial charge in [-0.2, -0.15) is 0 Å². The molecule has 0 amide bonds. The Kier molecular flexibility index (Phi) is 4.90. The topological polar surface area (TPSA) is 47.3 Å². The molecule has 0 saturated heterocycles. The SMILES string of the molecule is COc1ccc(F)cc1CNCCC(C)(C)N. The average molecular weight is 240 g/mol. The number of nitrogens with one attached hydrogen (secondary N) is 1. The predicted molar refractivity (Wildman–Crippen MR) is 67.5 cm³/mol. The van der Waals surface area contributed by atoms with Crippen molar-refractivity contribution >= 4 is 0 Å². The molecule has 0 unspecified atom stereocenters. The minimum Gasteiger partial charge on any atom is -0.496 e. The number of hydrogen-bond acceptors (Lipinski definition) is 3. The molecule has 1 rings (SSSR count). The first-order chi connectivity index (χ1) is 7.92. The van der Waals surface area contributed by atoms with Crippen molar-refractivity contribution in [3.05, 3.63) is 29.6 Å². The molecule has 0 aliphatic heterocycles. The summed E-state index contributed by atoms with van der Waals surface area (Å²) < 4.78 is 18.2. The Labute approximate surface area is 102 Å². The minimum absolute atomic E-state index is 0.182. The Morgan fingerprint density at radius 3 is 2.71 bits per heavy atom. The summed E-state index contributed by atoms with van der Waals surface area (Å²) in [6, 6.07) is 4.52. The molecule has 0 bridgehead atoms. The summed E-state index contributed by atoms with van der Waals surface area (Å²) in [4.78, 5) is 0. The number of benzene rings is 1. The molecule has 3 nitrogen and oxygen atoms in total. The maximum Gasteiger partial charge on any atom is 0.123 e. The molecule has 1 aromatic rings. The summed E-state index contributed by atoms with van der Waals surface area (Å²) >= 11 is 0. The normalized spacial score (nSPS) is 11.6. The molecule has 96 valence electrons. The van der Waals surface area contributed by atoms with Gasteiger partial charge >= 0.3 is 0 Å². The van der Waals surface area contributed by atoms with Crippen molar-refractivity contribution in [1.29, 1.82) is 0 Å². The van der Waals surface area contributed by atoms with E-state index >= 15 is 0 Å². The molecule has 0 aliphatic carbocycles. The standard InChI is InChI=1S/C13H21FN2O/c1-13(2,15)6-7-16-9-10-8-11(14)4-5-12(10)17-3/h4-5,8,16H,6-7,9,15H2,1-3H3. The molecule has 3 N–H and O–H groups in total. The first-order valence-corrected chi connectivity index (χ1v) is 5.74. The zero-order valence-electron chi connectivity index (χ0n) is 10.7. The summed E-state index contributed by atoms with van der Waals surface area (Å²) in [5, 5.41) is 3.23. The number of rotatable bonds is 6. The molecule has 0 heterocycles. The van der Waals surface area contributed by atoms with Crippen molar-refractivity contribution in [2.75, 3.05) is 13.7 Å². The van der Waals surface area contributed by atoms with Crippen LogP contribution in [-0.2, 0) is 6.54 Å². The van der Waals surface area contributed by atoms with Gasteiger partial charge in [0.05, 0.1) is 7.11 Å². The summed E-state index contributed by atoms with van der Waals surface area (Å²) in [6.07, 6.45) is 0.866. The van der Waals surface area contributed by atoms with E-state index in [1.807, 2.05) is 13.8 Å². The zero-order chi connectivity index (χ0) is 12.9. The number of nitrogens with two attached hydrogens (primary N) is 1. The highest BCUT2D eigenvalue weighted by Crippen LogP contribution is 2.18. The highest BCUT2D eigenvalue weighted by Gasteiger charge is 2.10. The van der Waals surface area contributed by atoms with E-state index in [1.54, 1.807) is 13.2 Å². The molecule has 17 heavy (non-hydrogen) atoms. The first kappa shape index (κ1) is 13.9. The molecule has 1 aromatic carbocycles. The van der Waals surface area contributed by atoms with E-state index in [1.165, 1.54) is 12.1 Å². The highest BCUT2D eigenvalue weighted by molar-refractivity contribution is 5.33. The van der Waals surface area contributed by atoms with Gasteiger partial charge in [-0.25, -0.2) is 4.39 Å². The van der Waals surface area contributed by atoms with Gasteiger partial charge in [-0.05, 0) is 45.0 Å². The van der Waals surface area contributed by atoms with Crippen molar-refractivity contribution < 1.29 is 9.13 Å². The maximum atomic E-state index is 13.1. The molecule has 0 fully saturated rings. The third-order valence-electron chi connectivity index (χ3n) is 2.50. The first-order valence-electron chi connectivity index (χ1n) is 5.74. The summed E-state index contributed by atoms with van der Waals surface area (Å²) in [5.74, 6) is 0.452. The highest BCUT2D eigenvalue weighted by atomic mass is 19.1. The van der Waals surface area contributed by atoms with Crippen molar-refractivity contribution in [2.24, 2.45) is 5.73 Å². The van der Waals surface area contributed by atoms with Gasteiger partial charge in [-0.3, -0.25) is 0 Å². The van der Waals surface area contributed by atoms with Gasteiger partial charge in [-0.15, -0.1) is 0 Å². The van der Waals surface area contributed by atoms with Crippen LogP contribution >= 0.6 is 0 Å². The molecule has 0 spiro atoms. The van der Waals surface area contributed by atoms with Crippen LogP contribution in [0.5, 0.6) is 5.75 Å². The Morgan fingerprint density at radius 1 is 1.41 bits per heavy atom. The van der Waals surface area contributed by atoms with E-state index in [0.717, 1.165) is 18.5 Å². The monoisotopic (exact) mass is 240 g/mol. The van der Waals surface area contributed by atoms with Crippen LogP contribution < -0.4 is 15.8 Å². The van der Waals surface area contributed by atoms with Gasteiger partial charge in [0.15, 0.2) is 0 Å². The van der Waals surface area contributed by atoms with E-state index < -0.39 is 0 Å². The number of ether oxygens (including phenoxy) is 1. The van der Waals surface area contributed by atoms with Crippen LogP contribution in [0, 0.1) is 5.82 Å². The Morgan fingerprint density at radius 2 is 2.12 bits per heavy atom. The maximum absolute atomic E-state index is 13.1. The van der Waals surface area contributed by atoms with E-state index in [9.17, 15) is 4.39 Å². The molecule has 0 aliphatic rings. The Hall–Kier alpha value is -1.13. The second-order valence-electron chi connectivity index (χ2n) is 4.87. The van der Waals surface area contributed by atoms with E-state index in [-0.39, 0.29) is 11.4 Å². The van der Waals surface area contributed by atoms with Gasteiger partial charge in [0.2, 0.25) is 0 Å². The summed E-state index contributed by atoms with van der Waals surface area (Å²) in [6.45, 7) is 5.34. The minimum atomic E-state index is -0.248. The summed E-state index contributed by atoms with van der Waals surface area (Å²) in [5.41, 5.74) is 6.51. The fourth-order valence-electron chi connectivity index (χ4n) is 1.52. The van der Waals surface area contributed by atoms with Gasteiger partial charge < -0.3 is 15.8 Å². The molecule has 4 heteroatoms. The lowest BCUT2D eigenvalue weighted by atomic mass is 10.0. The second-order valence-corrected chi connectivity index (χ2v) is 4.87. The molecular formula is C13H21FN2O. The van der Waals surface area contributed by atoms with Crippen LogP contribution in [-0.4, -0.2) is 19.2 Å². The van der Waals surface area contributed by atoms with Gasteiger partial charge in [0.25, 0.3) is 0 Å². The predicted octanol–water partition coefficient (Wildman–Crippen LogP) is 2.05. The largest absolute Gasteiger partial charge is 0.496 e. The lowest BCUT2D eigenvalue weighted by Gasteiger charge is -2.18. The second kappa shape index (κ2) is 5.98. The fraction of sp³-hybridized carbons (Fsp3) is 0.538. The van der Waals surface area contributed by atoms with Crippen molar-refractivity contribution in [3.8, 4) is 5.75 Å². The van der Waals surface area contributed by atoms with Crippen molar-refractivity contribution in [2.45, 2.75) is 32.4 Å². The fourth-order valence-corrected chi connectivity index (χ4v) is 1.52. The van der Waals surface area contributed by atoms with Crippen LogP contribution in [0.1, 0.15) is 25.8 Å². The smallest absolute Gasteiger partial charge is 0.123 e. The molecular weight excluding hydrogens is 219 g/mol. The van der Waals surface area contributed by atoms with Gasteiger partial charge in [0.1, 0.15) is 11.6 Å².